The normalized spacial score (nSPS) is 56.1. The van der Waals surface area contributed by atoms with Crippen LogP contribution >= 0.6 is 0 Å². The Morgan fingerprint density at radius 3 is 2.92 bits per heavy atom. The predicted octanol–water partition coefficient (Wildman–Crippen LogP) is 1.95. The Balaban J connectivity index is 1.80. The van der Waals surface area contributed by atoms with Gasteiger partial charge in [-0.25, -0.2) is 0 Å². The first kappa shape index (κ1) is 7.24. The van der Waals surface area contributed by atoms with Gasteiger partial charge in [-0.2, -0.15) is 5.06 Å². The summed E-state index contributed by atoms with van der Waals surface area (Å²) in [6, 6.07) is 0.772. The van der Waals surface area contributed by atoms with Crippen molar-refractivity contribution in [2.45, 2.75) is 50.2 Å². The molecule has 0 bridgehead atoms. The summed E-state index contributed by atoms with van der Waals surface area (Å²) in [6.07, 6.45) is 8.45. The van der Waals surface area contributed by atoms with Crippen molar-refractivity contribution >= 4 is 0 Å². The molecular formula is C11H17NO. The lowest BCUT2D eigenvalue weighted by molar-refractivity contribution is -0.155. The zero-order chi connectivity index (χ0) is 8.68. The first-order chi connectivity index (χ1) is 6.29. The molecule has 3 atom stereocenters. The molecule has 0 aromatic rings. The third-order valence-electron chi connectivity index (χ3n) is 5.09. The van der Waals surface area contributed by atoms with Crippen LogP contribution in [0.3, 0.4) is 0 Å². The molecule has 0 aromatic heterocycles. The van der Waals surface area contributed by atoms with Gasteiger partial charge in [0.15, 0.2) is 0 Å². The molecule has 3 saturated carbocycles. The van der Waals surface area contributed by atoms with E-state index >= 15 is 0 Å². The van der Waals surface area contributed by atoms with E-state index in [-0.39, 0.29) is 0 Å². The van der Waals surface area contributed by atoms with Crippen molar-refractivity contribution in [3.05, 3.63) is 0 Å². The van der Waals surface area contributed by atoms with Crippen molar-refractivity contribution in [1.82, 2.24) is 5.06 Å². The van der Waals surface area contributed by atoms with E-state index in [1.165, 1.54) is 38.5 Å². The van der Waals surface area contributed by atoms with Crippen LogP contribution in [0.1, 0.15) is 38.5 Å². The van der Waals surface area contributed by atoms with Gasteiger partial charge in [0.2, 0.25) is 0 Å². The zero-order valence-electron chi connectivity index (χ0n) is 8.25. The van der Waals surface area contributed by atoms with E-state index < -0.39 is 0 Å². The van der Waals surface area contributed by atoms with Crippen molar-refractivity contribution in [3.63, 3.8) is 0 Å². The van der Waals surface area contributed by atoms with Gasteiger partial charge in [0.25, 0.3) is 0 Å². The fraction of sp³-hybridized carbons (Fsp3) is 1.00. The second kappa shape index (κ2) is 1.82. The number of rotatable bonds is 0. The van der Waals surface area contributed by atoms with Gasteiger partial charge >= 0.3 is 0 Å². The van der Waals surface area contributed by atoms with E-state index in [0.29, 0.717) is 11.0 Å². The second-order valence-corrected chi connectivity index (χ2v) is 5.52. The fourth-order valence-electron chi connectivity index (χ4n) is 4.39. The van der Waals surface area contributed by atoms with Crippen LogP contribution in [0.5, 0.6) is 0 Å². The van der Waals surface area contributed by atoms with Gasteiger partial charge in [-0.15, -0.1) is 0 Å². The molecule has 2 spiro atoms. The fourth-order valence-corrected chi connectivity index (χ4v) is 4.39. The molecule has 1 heterocycles. The van der Waals surface area contributed by atoms with Crippen molar-refractivity contribution in [1.29, 1.82) is 0 Å². The molecule has 2 nitrogen and oxygen atoms in total. The Kier molecular flexibility index (Phi) is 1.02. The molecule has 0 radical (unpaired) electrons. The maximum Gasteiger partial charge on any atom is 0.0976 e. The maximum absolute atomic E-state index is 6.08. The molecule has 1 saturated heterocycles. The van der Waals surface area contributed by atoms with Crippen LogP contribution in [0, 0.1) is 11.3 Å². The Labute approximate surface area is 79.2 Å². The molecule has 1 aliphatic heterocycles. The average Bonchev–Trinajstić information content (AvgIpc) is 2.93. The number of nitrogens with zero attached hydrogens (tertiary/aromatic N) is 1. The minimum absolute atomic E-state index is 0.345. The summed E-state index contributed by atoms with van der Waals surface area (Å²) in [5, 5.41) is 2.20. The average molecular weight is 179 g/mol. The lowest BCUT2D eigenvalue weighted by Crippen LogP contribution is -2.35. The van der Waals surface area contributed by atoms with Gasteiger partial charge in [-0.3, -0.25) is 4.84 Å². The standard InChI is InChI=1S/C11H17NO/c1-12-9-4-2-3-8-7-11(8,9)10(13-12)5-6-10/h8-9H,2-7H2,1H3/t8-,9+,11-/m1/s1. The summed E-state index contributed by atoms with van der Waals surface area (Å²) in [6.45, 7) is 0. The molecule has 2 heteroatoms. The molecule has 13 heavy (non-hydrogen) atoms. The van der Waals surface area contributed by atoms with Crippen molar-refractivity contribution in [2.24, 2.45) is 11.3 Å². The van der Waals surface area contributed by atoms with Crippen LogP contribution in [0.2, 0.25) is 0 Å². The number of hydrogen-bond acceptors (Lipinski definition) is 2. The first-order valence-electron chi connectivity index (χ1n) is 5.70. The lowest BCUT2D eigenvalue weighted by atomic mass is 9.79. The highest BCUT2D eigenvalue weighted by molar-refractivity contribution is 5.28. The molecule has 0 amide bonds. The number of hydroxylamine groups is 2. The van der Waals surface area contributed by atoms with Crippen LogP contribution < -0.4 is 0 Å². The van der Waals surface area contributed by atoms with Crippen LogP contribution in [-0.4, -0.2) is 23.8 Å². The Bertz CT molecular complexity index is 273. The topological polar surface area (TPSA) is 12.5 Å². The SMILES string of the molecule is CN1OC2(CC2)[C@]23C[C@H]2CCC[C@H]13. The highest BCUT2D eigenvalue weighted by Gasteiger charge is 2.80. The Morgan fingerprint density at radius 1 is 1.31 bits per heavy atom. The highest BCUT2D eigenvalue weighted by atomic mass is 16.7. The highest BCUT2D eigenvalue weighted by Crippen LogP contribution is 2.78. The van der Waals surface area contributed by atoms with E-state index in [9.17, 15) is 0 Å². The first-order valence-corrected chi connectivity index (χ1v) is 5.70. The van der Waals surface area contributed by atoms with Gasteiger partial charge in [-0.05, 0) is 38.0 Å². The van der Waals surface area contributed by atoms with Crippen molar-refractivity contribution in [2.75, 3.05) is 7.05 Å². The summed E-state index contributed by atoms with van der Waals surface area (Å²) in [5.74, 6) is 1.03. The molecule has 3 aliphatic carbocycles. The maximum atomic E-state index is 6.08. The smallest absolute Gasteiger partial charge is 0.0976 e. The predicted molar refractivity (Wildman–Crippen MR) is 49.0 cm³/mol. The van der Waals surface area contributed by atoms with E-state index in [1.54, 1.807) is 0 Å². The monoisotopic (exact) mass is 179 g/mol. The third kappa shape index (κ3) is 0.608. The van der Waals surface area contributed by atoms with Gasteiger partial charge in [0.1, 0.15) is 0 Å². The van der Waals surface area contributed by atoms with Crippen LogP contribution in [0.25, 0.3) is 0 Å². The largest absolute Gasteiger partial charge is 0.292 e. The molecule has 72 valence electrons. The summed E-state index contributed by atoms with van der Waals surface area (Å²) in [7, 11) is 2.15. The minimum atomic E-state index is 0.345. The van der Waals surface area contributed by atoms with Crippen molar-refractivity contribution in [3.8, 4) is 0 Å². The summed E-state index contributed by atoms with van der Waals surface area (Å²) < 4.78 is 0. The van der Waals surface area contributed by atoms with Crippen molar-refractivity contribution < 1.29 is 4.84 Å². The Morgan fingerprint density at radius 2 is 2.15 bits per heavy atom. The van der Waals surface area contributed by atoms with E-state index in [4.69, 9.17) is 4.84 Å². The van der Waals surface area contributed by atoms with Gasteiger partial charge < -0.3 is 0 Å². The zero-order valence-corrected chi connectivity index (χ0v) is 8.25. The third-order valence-corrected chi connectivity index (χ3v) is 5.09. The molecule has 4 fully saturated rings. The molecule has 0 N–H and O–H groups in total. The summed E-state index contributed by atoms with van der Waals surface area (Å²) >= 11 is 0. The van der Waals surface area contributed by atoms with Crippen LogP contribution in [0.15, 0.2) is 0 Å². The van der Waals surface area contributed by atoms with E-state index in [2.05, 4.69) is 12.1 Å². The second-order valence-electron chi connectivity index (χ2n) is 5.52. The molecule has 0 unspecified atom stereocenters. The minimum Gasteiger partial charge on any atom is -0.292 e. The van der Waals surface area contributed by atoms with Gasteiger partial charge in [-0.1, -0.05) is 6.42 Å². The number of hydrogen-bond donors (Lipinski definition) is 0. The van der Waals surface area contributed by atoms with E-state index in [1.807, 2.05) is 0 Å². The van der Waals surface area contributed by atoms with Gasteiger partial charge in [0.05, 0.1) is 5.60 Å². The quantitative estimate of drug-likeness (QED) is 0.563. The molecule has 0 aromatic carbocycles. The van der Waals surface area contributed by atoms with Gasteiger partial charge in [0, 0.05) is 18.5 Å². The molecule has 4 rings (SSSR count). The van der Waals surface area contributed by atoms with E-state index in [0.717, 1.165) is 12.0 Å². The Hall–Kier alpha value is -0.0800. The molecular weight excluding hydrogens is 162 g/mol. The van der Waals surface area contributed by atoms with Crippen LogP contribution in [0.4, 0.5) is 0 Å². The van der Waals surface area contributed by atoms with Crippen LogP contribution in [-0.2, 0) is 4.84 Å². The summed E-state index contributed by atoms with van der Waals surface area (Å²) in [4.78, 5) is 6.08. The lowest BCUT2D eigenvalue weighted by Gasteiger charge is -2.28. The summed E-state index contributed by atoms with van der Waals surface area (Å²) in [5.41, 5.74) is 0.984. The molecule has 4 aliphatic rings.